The van der Waals surface area contributed by atoms with Crippen LogP contribution >= 0.6 is 0 Å². The van der Waals surface area contributed by atoms with E-state index >= 15 is 0 Å². The fourth-order valence-corrected chi connectivity index (χ4v) is 0.771. The molecule has 0 saturated heterocycles. The molecule has 0 aliphatic heterocycles. The summed E-state index contributed by atoms with van der Waals surface area (Å²) in [5.74, 6) is 0.0672. The molecule has 1 atom stereocenters. The third-order valence-electron chi connectivity index (χ3n) is 1.81. The van der Waals surface area contributed by atoms with Crippen LogP contribution in [0.2, 0.25) is 0 Å². The highest BCUT2D eigenvalue weighted by Crippen LogP contribution is 2.21. The lowest BCUT2D eigenvalue weighted by Gasteiger charge is -2.14. The molecule has 1 unspecified atom stereocenters. The molecule has 0 aliphatic rings. The van der Waals surface area contributed by atoms with Gasteiger partial charge in [-0.25, -0.2) is 0 Å². The lowest BCUT2D eigenvalue weighted by molar-refractivity contribution is -0.138. The average Bonchev–Trinajstić information content (AvgIpc) is 2.01. The first-order chi connectivity index (χ1) is 6.33. The topological polar surface area (TPSA) is 29.5 Å². The van der Waals surface area contributed by atoms with Crippen molar-refractivity contribution in [3.8, 4) is 0 Å². The van der Waals surface area contributed by atoms with Crippen LogP contribution in [0.15, 0.2) is 0 Å². The maximum Gasteiger partial charge on any atom is 0.389 e. The molecular weight excluding hydrogens is 197 g/mol. The number of rotatable bonds is 6. The summed E-state index contributed by atoms with van der Waals surface area (Å²) in [6, 6.07) is 0. The number of hydrogen-bond acceptors (Lipinski definition) is 2. The van der Waals surface area contributed by atoms with Gasteiger partial charge in [0.2, 0.25) is 0 Å². The third-order valence-corrected chi connectivity index (χ3v) is 1.81. The Morgan fingerprint density at radius 3 is 2.29 bits per heavy atom. The van der Waals surface area contributed by atoms with Crippen molar-refractivity contribution in [1.82, 2.24) is 0 Å². The van der Waals surface area contributed by atoms with Crippen molar-refractivity contribution in [2.24, 2.45) is 5.92 Å². The van der Waals surface area contributed by atoms with Gasteiger partial charge in [0.1, 0.15) is 0 Å². The summed E-state index contributed by atoms with van der Waals surface area (Å²) in [6.07, 6.45) is -5.58. The van der Waals surface area contributed by atoms with E-state index in [0.717, 1.165) is 0 Å². The highest BCUT2D eigenvalue weighted by Gasteiger charge is 2.25. The second-order valence-electron chi connectivity index (χ2n) is 3.61. The molecule has 0 saturated carbocycles. The van der Waals surface area contributed by atoms with Gasteiger partial charge in [-0.15, -0.1) is 0 Å². The van der Waals surface area contributed by atoms with Gasteiger partial charge in [-0.3, -0.25) is 0 Å². The Kier molecular flexibility index (Phi) is 6.11. The van der Waals surface area contributed by atoms with E-state index in [2.05, 4.69) is 0 Å². The van der Waals surface area contributed by atoms with Crippen molar-refractivity contribution in [2.75, 3.05) is 13.2 Å². The molecule has 0 bridgehead atoms. The Morgan fingerprint density at radius 1 is 1.29 bits per heavy atom. The van der Waals surface area contributed by atoms with Crippen LogP contribution in [0.5, 0.6) is 0 Å². The smallest absolute Gasteiger partial charge is 0.389 e. The second-order valence-corrected chi connectivity index (χ2v) is 3.61. The fraction of sp³-hybridized carbons (Fsp3) is 1.00. The molecule has 0 aromatic carbocycles. The van der Waals surface area contributed by atoms with E-state index in [1.165, 1.54) is 0 Å². The van der Waals surface area contributed by atoms with Gasteiger partial charge in [-0.05, 0) is 12.3 Å². The van der Waals surface area contributed by atoms with Crippen molar-refractivity contribution in [3.05, 3.63) is 0 Å². The van der Waals surface area contributed by atoms with E-state index in [4.69, 9.17) is 4.74 Å². The molecule has 0 heterocycles. The van der Waals surface area contributed by atoms with Gasteiger partial charge < -0.3 is 9.84 Å². The molecule has 2 nitrogen and oxygen atoms in total. The predicted molar refractivity (Wildman–Crippen MR) is 47.0 cm³/mol. The van der Waals surface area contributed by atoms with Crippen LogP contribution in [0.25, 0.3) is 0 Å². The molecule has 5 heteroatoms. The summed E-state index contributed by atoms with van der Waals surface area (Å²) < 4.78 is 39.9. The number of hydrogen-bond donors (Lipinski definition) is 1. The van der Waals surface area contributed by atoms with Gasteiger partial charge in [0.25, 0.3) is 0 Å². The van der Waals surface area contributed by atoms with E-state index in [-0.39, 0.29) is 25.6 Å². The van der Waals surface area contributed by atoms with Crippen LogP contribution in [0.1, 0.15) is 26.7 Å². The van der Waals surface area contributed by atoms with Crippen molar-refractivity contribution in [1.29, 1.82) is 0 Å². The highest BCUT2D eigenvalue weighted by atomic mass is 19.4. The molecule has 1 N–H and O–H groups in total. The quantitative estimate of drug-likeness (QED) is 0.688. The SMILES string of the molecule is CC(C)C(O)COCCCC(F)(F)F. The summed E-state index contributed by atoms with van der Waals surface area (Å²) in [4.78, 5) is 0. The van der Waals surface area contributed by atoms with Crippen LogP contribution in [0.4, 0.5) is 13.2 Å². The minimum absolute atomic E-state index is 0.0449. The maximum absolute atomic E-state index is 11.7. The van der Waals surface area contributed by atoms with Gasteiger partial charge in [-0.1, -0.05) is 13.8 Å². The fourth-order valence-electron chi connectivity index (χ4n) is 0.771. The number of halogens is 3. The van der Waals surface area contributed by atoms with Gasteiger partial charge in [0, 0.05) is 13.0 Å². The van der Waals surface area contributed by atoms with Gasteiger partial charge in [0.15, 0.2) is 0 Å². The van der Waals surface area contributed by atoms with E-state index in [0.29, 0.717) is 0 Å². The Labute approximate surface area is 82.1 Å². The van der Waals surface area contributed by atoms with E-state index in [9.17, 15) is 18.3 Å². The molecule has 0 radical (unpaired) electrons. The van der Waals surface area contributed by atoms with Crippen molar-refractivity contribution >= 4 is 0 Å². The van der Waals surface area contributed by atoms with Crippen LogP contribution < -0.4 is 0 Å². The van der Waals surface area contributed by atoms with Gasteiger partial charge in [0.05, 0.1) is 12.7 Å². The molecule has 86 valence electrons. The molecule has 0 aromatic rings. The Hall–Kier alpha value is -0.290. The molecule has 0 amide bonds. The summed E-state index contributed by atoms with van der Waals surface area (Å²) in [5, 5.41) is 9.24. The Bertz CT molecular complexity index is 145. The van der Waals surface area contributed by atoms with Crippen LogP contribution in [-0.4, -0.2) is 30.6 Å². The summed E-state index contributed by atoms with van der Waals surface area (Å²) >= 11 is 0. The van der Waals surface area contributed by atoms with E-state index in [1.807, 2.05) is 13.8 Å². The molecular formula is C9H17F3O2. The second kappa shape index (κ2) is 6.24. The normalized spacial score (nSPS) is 14.8. The molecule has 14 heavy (non-hydrogen) atoms. The van der Waals surface area contributed by atoms with Crippen molar-refractivity contribution < 1.29 is 23.0 Å². The first-order valence-corrected chi connectivity index (χ1v) is 4.65. The lowest BCUT2D eigenvalue weighted by atomic mass is 10.1. The molecule has 0 rings (SSSR count). The number of aliphatic hydroxyl groups excluding tert-OH is 1. The zero-order chi connectivity index (χ0) is 11.2. The first kappa shape index (κ1) is 13.7. The Balaban J connectivity index is 3.30. The summed E-state index contributed by atoms with van der Waals surface area (Å²) in [5.41, 5.74) is 0. The molecule has 0 fully saturated rings. The van der Waals surface area contributed by atoms with Crippen LogP contribution in [0, 0.1) is 5.92 Å². The minimum Gasteiger partial charge on any atom is -0.390 e. The zero-order valence-corrected chi connectivity index (χ0v) is 8.47. The van der Waals surface area contributed by atoms with E-state index in [1.54, 1.807) is 0 Å². The van der Waals surface area contributed by atoms with Crippen LogP contribution in [0.3, 0.4) is 0 Å². The predicted octanol–water partition coefficient (Wildman–Crippen LogP) is 2.36. The molecule has 0 aromatic heterocycles. The third kappa shape index (κ3) is 8.31. The van der Waals surface area contributed by atoms with Crippen molar-refractivity contribution in [3.63, 3.8) is 0 Å². The molecule has 0 aliphatic carbocycles. The standard InChI is InChI=1S/C9H17F3O2/c1-7(2)8(13)6-14-5-3-4-9(10,11)12/h7-8,13H,3-6H2,1-2H3. The molecule has 0 spiro atoms. The Morgan fingerprint density at radius 2 is 1.86 bits per heavy atom. The average molecular weight is 214 g/mol. The van der Waals surface area contributed by atoms with E-state index < -0.39 is 18.7 Å². The van der Waals surface area contributed by atoms with Gasteiger partial charge in [-0.2, -0.15) is 13.2 Å². The first-order valence-electron chi connectivity index (χ1n) is 4.65. The number of aliphatic hydroxyl groups is 1. The number of alkyl halides is 3. The maximum atomic E-state index is 11.7. The summed E-state index contributed by atoms with van der Waals surface area (Å²) in [7, 11) is 0. The zero-order valence-electron chi connectivity index (χ0n) is 8.47. The monoisotopic (exact) mass is 214 g/mol. The lowest BCUT2D eigenvalue weighted by Crippen LogP contribution is -2.22. The van der Waals surface area contributed by atoms with Crippen LogP contribution in [-0.2, 0) is 4.74 Å². The summed E-state index contributed by atoms with van der Waals surface area (Å²) in [6.45, 7) is 3.80. The highest BCUT2D eigenvalue weighted by molar-refractivity contribution is 4.58. The van der Waals surface area contributed by atoms with Gasteiger partial charge >= 0.3 is 6.18 Å². The number of ether oxygens (including phenoxy) is 1. The van der Waals surface area contributed by atoms with Crippen molar-refractivity contribution in [2.45, 2.75) is 39.0 Å². The largest absolute Gasteiger partial charge is 0.390 e. The minimum atomic E-state index is -4.11.